The zero-order valence-electron chi connectivity index (χ0n) is 10.7. The molecule has 0 aromatic heterocycles. The van der Waals surface area contributed by atoms with Gasteiger partial charge in [0.2, 0.25) is 0 Å². The molecule has 4 heteroatoms. The maximum atomic E-state index is 2.49. The number of thioether (sulfide) groups is 2. The Hall–Kier alpha value is 1.48. The lowest BCUT2D eigenvalue weighted by atomic mass is 9.83. The fraction of sp³-hybridized carbons (Fsp3) is 1.00. The van der Waals surface area contributed by atoms with Gasteiger partial charge in [-0.25, -0.2) is 0 Å². The van der Waals surface area contributed by atoms with E-state index < -0.39 is 6.46 Å². The lowest BCUT2D eigenvalue weighted by Gasteiger charge is -2.37. The maximum Gasteiger partial charge on any atom is 0.169 e. The Bertz CT molecular complexity index is 202. The van der Waals surface area contributed by atoms with Crippen molar-refractivity contribution in [2.45, 2.75) is 25.1 Å². The SMILES string of the molecule is CS[P+](C)(C)C1SCC(C(C)(C)C)CS1. The third-order valence-corrected chi connectivity index (χ3v) is 15.9. The summed E-state index contributed by atoms with van der Waals surface area (Å²) in [6.07, 6.45) is 2.28. The van der Waals surface area contributed by atoms with Gasteiger partial charge in [-0.15, -0.1) is 23.5 Å². The summed E-state index contributed by atoms with van der Waals surface area (Å²) in [4.78, 5) is 0. The first-order valence-corrected chi connectivity index (χ1v) is 12.1. The summed E-state index contributed by atoms with van der Waals surface area (Å²) >= 11 is 6.55. The van der Waals surface area contributed by atoms with Crippen molar-refractivity contribution in [2.75, 3.05) is 31.1 Å². The van der Waals surface area contributed by atoms with Crippen molar-refractivity contribution < 1.29 is 0 Å². The summed E-state index contributed by atoms with van der Waals surface area (Å²) in [5.74, 6) is 3.63. The molecule has 0 atom stereocenters. The molecule has 0 N–H and O–H groups in total. The second kappa shape index (κ2) is 5.42. The zero-order valence-corrected chi connectivity index (χ0v) is 14.1. The first kappa shape index (κ1) is 14.5. The van der Waals surface area contributed by atoms with Gasteiger partial charge < -0.3 is 0 Å². The number of hydrogen-bond donors (Lipinski definition) is 0. The predicted octanol–water partition coefficient (Wildman–Crippen LogP) is 4.97. The summed E-state index contributed by atoms with van der Waals surface area (Å²) in [5, 5.41) is 0. The maximum absolute atomic E-state index is 2.49. The lowest BCUT2D eigenvalue weighted by molar-refractivity contribution is 0.293. The molecular weight excluding hydrogens is 259 g/mol. The largest absolute Gasteiger partial charge is 0.169 e. The van der Waals surface area contributed by atoms with Gasteiger partial charge in [-0.1, -0.05) is 20.8 Å². The molecule has 0 aliphatic carbocycles. The second-order valence-corrected chi connectivity index (χ2v) is 16.6. The molecule has 1 heterocycles. The van der Waals surface area contributed by atoms with Crippen LogP contribution in [0.4, 0.5) is 0 Å². The van der Waals surface area contributed by atoms with Crippen molar-refractivity contribution in [2.24, 2.45) is 11.3 Å². The fourth-order valence-corrected chi connectivity index (χ4v) is 11.2. The van der Waals surface area contributed by atoms with Gasteiger partial charge in [0.1, 0.15) is 0 Å². The Morgan fingerprint density at radius 1 is 1.13 bits per heavy atom. The van der Waals surface area contributed by atoms with E-state index in [1.807, 2.05) is 0 Å². The minimum atomic E-state index is -0.735. The van der Waals surface area contributed by atoms with Gasteiger partial charge in [-0.3, -0.25) is 0 Å². The average molecular weight is 283 g/mol. The predicted molar refractivity (Wildman–Crippen MR) is 83.9 cm³/mol. The van der Waals surface area contributed by atoms with Crippen LogP contribution >= 0.6 is 41.4 Å². The molecule has 15 heavy (non-hydrogen) atoms. The molecule has 1 saturated heterocycles. The van der Waals surface area contributed by atoms with E-state index in [-0.39, 0.29) is 0 Å². The summed E-state index contributed by atoms with van der Waals surface area (Å²) in [5.41, 5.74) is 0.493. The quantitative estimate of drug-likeness (QED) is 0.657. The molecule has 0 aromatic carbocycles. The van der Waals surface area contributed by atoms with Crippen LogP contribution in [0.3, 0.4) is 0 Å². The summed E-state index contributed by atoms with van der Waals surface area (Å²) in [6, 6.07) is 0. The lowest BCUT2D eigenvalue weighted by Crippen LogP contribution is -2.29. The van der Waals surface area contributed by atoms with Crippen LogP contribution in [-0.4, -0.2) is 35.4 Å². The highest BCUT2D eigenvalue weighted by molar-refractivity contribution is 8.66. The Balaban J connectivity index is 2.50. The topological polar surface area (TPSA) is 0 Å². The molecule has 0 saturated carbocycles. The molecule has 0 radical (unpaired) electrons. The molecule has 1 aliphatic rings. The van der Waals surface area contributed by atoms with E-state index in [1.165, 1.54) is 11.5 Å². The van der Waals surface area contributed by atoms with E-state index in [2.05, 4.69) is 75.3 Å². The Morgan fingerprint density at radius 3 is 1.93 bits per heavy atom. The summed E-state index contributed by atoms with van der Waals surface area (Å²) < 4.78 is 0.881. The number of rotatable bonds is 2. The molecule has 0 aromatic rings. The van der Waals surface area contributed by atoms with E-state index in [4.69, 9.17) is 0 Å². The van der Waals surface area contributed by atoms with Crippen molar-refractivity contribution in [3.8, 4) is 0 Å². The molecular formula is C11H24PS3+. The van der Waals surface area contributed by atoms with E-state index in [0.717, 1.165) is 10.2 Å². The highest BCUT2D eigenvalue weighted by Gasteiger charge is 2.42. The molecule has 1 aliphatic heterocycles. The first-order chi connectivity index (χ1) is 6.77. The van der Waals surface area contributed by atoms with E-state index in [1.54, 1.807) is 0 Å². The molecule has 0 spiro atoms. The van der Waals surface area contributed by atoms with Crippen molar-refractivity contribution in [3.05, 3.63) is 0 Å². The average Bonchev–Trinajstić information content (AvgIpc) is 2.17. The van der Waals surface area contributed by atoms with Gasteiger partial charge in [-0.05, 0) is 11.3 Å². The molecule has 90 valence electrons. The third kappa shape index (κ3) is 4.01. The van der Waals surface area contributed by atoms with Crippen LogP contribution < -0.4 is 0 Å². The Morgan fingerprint density at radius 2 is 1.60 bits per heavy atom. The van der Waals surface area contributed by atoms with Crippen LogP contribution in [0.5, 0.6) is 0 Å². The van der Waals surface area contributed by atoms with Gasteiger partial charge in [0, 0.05) is 29.1 Å². The van der Waals surface area contributed by atoms with Gasteiger partial charge >= 0.3 is 0 Å². The molecule has 1 fully saturated rings. The van der Waals surface area contributed by atoms with E-state index in [0.29, 0.717) is 5.41 Å². The highest BCUT2D eigenvalue weighted by Crippen LogP contribution is 2.73. The molecule has 0 bridgehead atoms. The van der Waals surface area contributed by atoms with Gasteiger partial charge in [0.25, 0.3) is 0 Å². The Kier molecular flexibility index (Phi) is 5.25. The van der Waals surface area contributed by atoms with Crippen LogP contribution in [0.25, 0.3) is 0 Å². The minimum Gasteiger partial charge on any atom is -0.106 e. The monoisotopic (exact) mass is 283 g/mol. The molecule has 0 unspecified atom stereocenters. The van der Waals surface area contributed by atoms with Crippen molar-refractivity contribution >= 4 is 41.4 Å². The first-order valence-electron chi connectivity index (χ1n) is 5.40. The van der Waals surface area contributed by atoms with Crippen LogP contribution in [0, 0.1) is 11.3 Å². The van der Waals surface area contributed by atoms with Crippen molar-refractivity contribution in [1.29, 1.82) is 0 Å². The standard InChI is InChI=1S/C11H24PS3/c1-11(2,3)9-7-14-10(15-8-9)12(4,5)13-6/h9-10H,7-8H2,1-6H3/q+1. The molecule has 0 nitrogen and oxygen atoms in total. The van der Waals surface area contributed by atoms with Crippen LogP contribution in [0.2, 0.25) is 0 Å². The summed E-state index contributed by atoms with van der Waals surface area (Å²) in [6.45, 7) is 11.4. The third-order valence-electron chi connectivity index (χ3n) is 3.08. The van der Waals surface area contributed by atoms with Gasteiger partial charge in [0.15, 0.2) is 4.32 Å². The Labute approximate surface area is 109 Å². The van der Waals surface area contributed by atoms with Gasteiger partial charge in [-0.2, -0.15) is 0 Å². The minimum absolute atomic E-state index is 0.493. The van der Waals surface area contributed by atoms with Crippen LogP contribution in [0.15, 0.2) is 0 Å². The van der Waals surface area contributed by atoms with Gasteiger partial charge in [0.05, 0.1) is 19.8 Å². The molecule has 0 amide bonds. The highest BCUT2D eigenvalue weighted by atomic mass is 32.7. The molecule has 1 rings (SSSR count). The van der Waals surface area contributed by atoms with E-state index >= 15 is 0 Å². The van der Waals surface area contributed by atoms with E-state index in [9.17, 15) is 0 Å². The van der Waals surface area contributed by atoms with Crippen molar-refractivity contribution in [1.82, 2.24) is 0 Å². The summed E-state index contributed by atoms with van der Waals surface area (Å²) in [7, 11) is 0. The number of hydrogen-bond acceptors (Lipinski definition) is 3. The zero-order chi connectivity index (χ0) is 11.7. The second-order valence-electron chi connectivity index (χ2n) is 5.65. The van der Waals surface area contributed by atoms with Crippen molar-refractivity contribution in [3.63, 3.8) is 0 Å². The van der Waals surface area contributed by atoms with Crippen LogP contribution in [0.1, 0.15) is 20.8 Å². The van der Waals surface area contributed by atoms with Crippen LogP contribution in [-0.2, 0) is 0 Å². The smallest absolute Gasteiger partial charge is 0.106 e. The normalized spacial score (nSPS) is 29.2. The fourth-order valence-electron chi connectivity index (χ4n) is 1.44.